The molecular weight excluding hydrogens is 166 g/mol. The molecule has 0 aromatic carbocycles. The molecule has 1 rings (SSSR count). The van der Waals surface area contributed by atoms with E-state index in [9.17, 15) is 0 Å². The average molecular weight is 181 g/mol. The summed E-state index contributed by atoms with van der Waals surface area (Å²) in [5, 5.41) is 0. The van der Waals surface area contributed by atoms with E-state index in [-0.39, 0.29) is 6.04 Å². The molecule has 0 saturated heterocycles. The highest BCUT2D eigenvalue weighted by molar-refractivity contribution is 7.12. The van der Waals surface area contributed by atoms with E-state index in [1.807, 2.05) is 6.08 Å². The van der Waals surface area contributed by atoms with Crippen molar-refractivity contribution in [3.8, 4) is 0 Å². The smallest absolute Gasteiger partial charge is 0.0392 e. The second-order valence-electron chi connectivity index (χ2n) is 2.92. The summed E-state index contributed by atoms with van der Waals surface area (Å²) in [6, 6.07) is 4.43. The van der Waals surface area contributed by atoms with E-state index in [2.05, 4.69) is 25.6 Å². The van der Waals surface area contributed by atoms with Crippen molar-refractivity contribution in [1.29, 1.82) is 0 Å². The van der Waals surface area contributed by atoms with E-state index < -0.39 is 0 Å². The first-order valence-electron chi connectivity index (χ1n) is 4.17. The lowest BCUT2D eigenvalue weighted by molar-refractivity contribution is 0.673. The van der Waals surface area contributed by atoms with Crippen molar-refractivity contribution in [2.45, 2.75) is 25.8 Å². The number of hydrogen-bond donors (Lipinski definition) is 1. The van der Waals surface area contributed by atoms with E-state index in [1.54, 1.807) is 11.3 Å². The predicted octanol–water partition coefficient (Wildman–Crippen LogP) is 3.02. The van der Waals surface area contributed by atoms with Crippen LogP contribution in [-0.4, -0.2) is 0 Å². The molecule has 0 fully saturated rings. The van der Waals surface area contributed by atoms with Gasteiger partial charge >= 0.3 is 0 Å². The fraction of sp³-hybridized carbons (Fsp3) is 0.400. The van der Waals surface area contributed by atoms with Gasteiger partial charge in [-0.25, -0.2) is 0 Å². The molecule has 1 aromatic heterocycles. The van der Waals surface area contributed by atoms with Crippen LogP contribution in [0.3, 0.4) is 0 Å². The highest BCUT2D eigenvalue weighted by Crippen LogP contribution is 2.23. The molecule has 0 aliphatic rings. The minimum absolute atomic E-state index is 0.196. The van der Waals surface area contributed by atoms with Crippen LogP contribution in [0.2, 0.25) is 0 Å². The molecule has 0 aliphatic carbocycles. The van der Waals surface area contributed by atoms with Gasteiger partial charge in [0, 0.05) is 15.8 Å². The minimum atomic E-state index is 0.196. The van der Waals surface area contributed by atoms with Crippen molar-refractivity contribution in [1.82, 2.24) is 0 Å². The third-order valence-corrected chi connectivity index (χ3v) is 2.94. The molecule has 0 unspecified atom stereocenters. The van der Waals surface area contributed by atoms with Crippen LogP contribution in [0, 0.1) is 6.92 Å². The fourth-order valence-electron chi connectivity index (χ4n) is 1.09. The van der Waals surface area contributed by atoms with Gasteiger partial charge in [-0.1, -0.05) is 6.08 Å². The quantitative estimate of drug-likeness (QED) is 0.710. The Morgan fingerprint density at radius 2 is 2.42 bits per heavy atom. The Kier molecular flexibility index (Phi) is 3.50. The molecule has 2 N–H and O–H groups in total. The summed E-state index contributed by atoms with van der Waals surface area (Å²) in [6.07, 6.45) is 3.92. The summed E-state index contributed by atoms with van der Waals surface area (Å²) in [5.41, 5.74) is 5.96. The summed E-state index contributed by atoms with van der Waals surface area (Å²) in [4.78, 5) is 2.62. The van der Waals surface area contributed by atoms with Crippen molar-refractivity contribution in [2.24, 2.45) is 5.73 Å². The Balaban J connectivity index is 2.52. The van der Waals surface area contributed by atoms with E-state index in [4.69, 9.17) is 5.73 Å². The largest absolute Gasteiger partial charge is 0.323 e. The van der Waals surface area contributed by atoms with Crippen LogP contribution in [0.15, 0.2) is 24.8 Å². The van der Waals surface area contributed by atoms with Gasteiger partial charge in [0.2, 0.25) is 0 Å². The number of rotatable bonds is 4. The van der Waals surface area contributed by atoms with E-state index >= 15 is 0 Å². The molecule has 0 radical (unpaired) electrons. The summed E-state index contributed by atoms with van der Waals surface area (Å²) < 4.78 is 0. The minimum Gasteiger partial charge on any atom is -0.323 e. The lowest BCUT2D eigenvalue weighted by Crippen LogP contribution is -2.07. The molecule has 66 valence electrons. The third-order valence-electron chi connectivity index (χ3n) is 1.81. The predicted molar refractivity (Wildman–Crippen MR) is 55.4 cm³/mol. The van der Waals surface area contributed by atoms with Crippen molar-refractivity contribution in [2.75, 3.05) is 0 Å². The SMILES string of the molecule is C=CCC[C@@H](N)c1ccc(C)s1. The van der Waals surface area contributed by atoms with Gasteiger partial charge in [0.05, 0.1) is 0 Å². The first-order chi connectivity index (χ1) is 5.74. The lowest BCUT2D eigenvalue weighted by Gasteiger charge is -2.06. The molecule has 1 nitrogen and oxygen atoms in total. The Labute approximate surface area is 77.9 Å². The summed E-state index contributed by atoms with van der Waals surface area (Å²) >= 11 is 1.79. The van der Waals surface area contributed by atoms with Crippen molar-refractivity contribution < 1.29 is 0 Å². The Bertz CT molecular complexity index is 252. The van der Waals surface area contributed by atoms with Crippen LogP contribution >= 0.6 is 11.3 Å². The first-order valence-corrected chi connectivity index (χ1v) is 4.98. The van der Waals surface area contributed by atoms with Crippen molar-refractivity contribution >= 4 is 11.3 Å². The zero-order valence-electron chi connectivity index (χ0n) is 7.42. The molecule has 0 spiro atoms. The maximum Gasteiger partial charge on any atom is 0.0392 e. The van der Waals surface area contributed by atoms with Gasteiger partial charge in [-0.2, -0.15) is 0 Å². The van der Waals surface area contributed by atoms with Gasteiger partial charge in [-0.3, -0.25) is 0 Å². The van der Waals surface area contributed by atoms with Gasteiger partial charge < -0.3 is 5.73 Å². The van der Waals surface area contributed by atoms with E-state index in [0.29, 0.717) is 0 Å². The van der Waals surface area contributed by atoms with E-state index in [1.165, 1.54) is 9.75 Å². The maximum absolute atomic E-state index is 5.96. The fourth-order valence-corrected chi connectivity index (χ4v) is 2.01. The highest BCUT2D eigenvalue weighted by Gasteiger charge is 2.06. The van der Waals surface area contributed by atoms with Gasteiger partial charge in [0.1, 0.15) is 0 Å². The molecule has 1 heterocycles. The van der Waals surface area contributed by atoms with Crippen LogP contribution in [-0.2, 0) is 0 Å². The molecule has 12 heavy (non-hydrogen) atoms. The summed E-state index contributed by atoms with van der Waals surface area (Å²) in [5.74, 6) is 0. The highest BCUT2D eigenvalue weighted by atomic mass is 32.1. The molecular formula is C10H15NS. The van der Waals surface area contributed by atoms with Crippen molar-refractivity contribution in [3.05, 3.63) is 34.5 Å². The molecule has 0 aliphatic heterocycles. The standard InChI is InChI=1S/C10H15NS/c1-3-4-5-9(11)10-7-6-8(2)12-10/h3,6-7,9H,1,4-5,11H2,2H3/t9-/m1/s1. The van der Waals surface area contributed by atoms with Crippen LogP contribution in [0.5, 0.6) is 0 Å². The van der Waals surface area contributed by atoms with Crippen molar-refractivity contribution in [3.63, 3.8) is 0 Å². The topological polar surface area (TPSA) is 26.0 Å². The maximum atomic E-state index is 5.96. The molecule has 0 amide bonds. The van der Waals surface area contributed by atoms with Crippen LogP contribution < -0.4 is 5.73 Å². The van der Waals surface area contributed by atoms with Gasteiger partial charge in [-0.15, -0.1) is 17.9 Å². The van der Waals surface area contributed by atoms with Crippen LogP contribution in [0.4, 0.5) is 0 Å². The molecule has 1 atom stereocenters. The van der Waals surface area contributed by atoms with Gasteiger partial charge in [0.15, 0.2) is 0 Å². The Hall–Kier alpha value is -0.600. The third kappa shape index (κ3) is 2.47. The summed E-state index contributed by atoms with van der Waals surface area (Å²) in [6.45, 7) is 5.78. The normalized spacial score (nSPS) is 12.8. The number of thiophene rings is 1. The van der Waals surface area contributed by atoms with Gasteiger partial charge in [-0.05, 0) is 31.9 Å². The van der Waals surface area contributed by atoms with E-state index in [0.717, 1.165) is 12.8 Å². The zero-order chi connectivity index (χ0) is 8.97. The molecule has 0 saturated carbocycles. The number of nitrogens with two attached hydrogens (primary N) is 1. The lowest BCUT2D eigenvalue weighted by atomic mass is 10.1. The second-order valence-corrected chi connectivity index (χ2v) is 4.24. The molecule has 2 heteroatoms. The first kappa shape index (κ1) is 9.49. The van der Waals surface area contributed by atoms with Gasteiger partial charge in [0.25, 0.3) is 0 Å². The Morgan fingerprint density at radius 3 is 2.92 bits per heavy atom. The molecule has 1 aromatic rings. The van der Waals surface area contributed by atoms with Crippen LogP contribution in [0.25, 0.3) is 0 Å². The average Bonchev–Trinajstić information content (AvgIpc) is 2.47. The Morgan fingerprint density at radius 1 is 1.67 bits per heavy atom. The zero-order valence-corrected chi connectivity index (χ0v) is 8.23. The molecule has 0 bridgehead atoms. The number of hydrogen-bond acceptors (Lipinski definition) is 2. The van der Waals surface area contributed by atoms with Crippen LogP contribution in [0.1, 0.15) is 28.6 Å². The monoisotopic (exact) mass is 181 g/mol. The number of allylic oxidation sites excluding steroid dienone is 1. The number of aryl methyl sites for hydroxylation is 1. The summed E-state index contributed by atoms with van der Waals surface area (Å²) in [7, 11) is 0. The second kappa shape index (κ2) is 4.43.